The summed E-state index contributed by atoms with van der Waals surface area (Å²) in [5.74, 6) is 0.317. The second-order valence-electron chi connectivity index (χ2n) is 6.50. The Bertz CT molecular complexity index is 1090. The van der Waals surface area contributed by atoms with Crippen LogP contribution in [0.25, 0.3) is 11.3 Å². The minimum Gasteiger partial charge on any atom is -0.484 e. The summed E-state index contributed by atoms with van der Waals surface area (Å²) in [6, 6.07) is 13.9. The van der Waals surface area contributed by atoms with Crippen molar-refractivity contribution in [2.75, 3.05) is 26.0 Å². The third-order valence-electron chi connectivity index (χ3n) is 4.07. The Balaban J connectivity index is 1.61. The second kappa shape index (κ2) is 8.73. The fourth-order valence-corrected chi connectivity index (χ4v) is 4.05. The van der Waals surface area contributed by atoms with E-state index in [0.717, 1.165) is 15.4 Å². The number of thiazole rings is 1. The molecule has 2 aromatic carbocycles. The van der Waals surface area contributed by atoms with Gasteiger partial charge < -0.3 is 4.74 Å². The monoisotopic (exact) mass is 431 g/mol. The number of amides is 1. The van der Waals surface area contributed by atoms with E-state index in [9.17, 15) is 13.2 Å². The summed E-state index contributed by atoms with van der Waals surface area (Å²) < 4.78 is 30.9. The van der Waals surface area contributed by atoms with Crippen LogP contribution in [0.4, 0.5) is 5.13 Å². The average molecular weight is 432 g/mol. The molecule has 152 valence electrons. The van der Waals surface area contributed by atoms with Crippen LogP contribution in [-0.4, -0.2) is 44.3 Å². The number of carbonyl (C=O) groups excluding carboxylic acids is 1. The number of anilines is 1. The molecule has 7 nitrogen and oxygen atoms in total. The lowest BCUT2D eigenvalue weighted by Crippen LogP contribution is -2.22. The van der Waals surface area contributed by atoms with E-state index in [1.807, 2.05) is 31.2 Å². The standard InChI is InChI=1S/C20H21N3O4S2/c1-14-4-8-16(9-5-14)27-12-19(24)22-20-21-18(13-28-20)15-6-10-17(11-7-15)29(25,26)23(2)3/h4-11,13H,12H2,1-3H3,(H,21,22,24). The van der Waals surface area contributed by atoms with Crippen LogP contribution in [0.5, 0.6) is 5.75 Å². The minimum atomic E-state index is -3.47. The Morgan fingerprint density at radius 2 is 1.76 bits per heavy atom. The Morgan fingerprint density at radius 3 is 2.38 bits per heavy atom. The van der Waals surface area contributed by atoms with Gasteiger partial charge >= 0.3 is 0 Å². The third-order valence-corrected chi connectivity index (χ3v) is 6.66. The summed E-state index contributed by atoms with van der Waals surface area (Å²) in [5, 5.41) is 4.95. The predicted molar refractivity (Wildman–Crippen MR) is 114 cm³/mol. The first-order chi connectivity index (χ1) is 13.8. The highest BCUT2D eigenvalue weighted by atomic mass is 32.2. The molecule has 9 heteroatoms. The number of aryl methyl sites for hydroxylation is 1. The van der Waals surface area contributed by atoms with Gasteiger partial charge in [-0.25, -0.2) is 17.7 Å². The first-order valence-corrected chi connectivity index (χ1v) is 11.1. The number of aromatic nitrogens is 1. The molecule has 1 N–H and O–H groups in total. The van der Waals surface area contributed by atoms with Gasteiger partial charge in [-0.1, -0.05) is 29.8 Å². The number of sulfonamides is 1. The van der Waals surface area contributed by atoms with E-state index in [0.29, 0.717) is 16.6 Å². The molecule has 1 amide bonds. The maximum Gasteiger partial charge on any atom is 0.264 e. The van der Waals surface area contributed by atoms with Gasteiger partial charge in [-0.05, 0) is 31.2 Å². The highest BCUT2D eigenvalue weighted by molar-refractivity contribution is 7.89. The molecular formula is C20H21N3O4S2. The SMILES string of the molecule is Cc1ccc(OCC(=O)Nc2nc(-c3ccc(S(=O)(=O)N(C)C)cc3)cs2)cc1. The highest BCUT2D eigenvalue weighted by Gasteiger charge is 2.17. The maximum absolute atomic E-state index is 12.1. The molecule has 0 bridgehead atoms. The van der Waals surface area contributed by atoms with Crippen molar-refractivity contribution in [3.8, 4) is 17.0 Å². The van der Waals surface area contributed by atoms with Gasteiger partial charge in [0.1, 0.15) is 5.75 Å². The lowest BCUT2D eigenvalue weighted by Gasteiger charge is -2.11. The van der Waals surface area contributed by atoms with E-state index >= 15 is 0 Å². The molecule has 0 unspecified atom stereocenters. The normalized spacial score (nSPS) is 11.4. The van der Waals surface area contributed by atoms with Gasteiger partial charge in [0, 0.05) is 25.0 Å². The molecule has 1 heterocycles. The first-order valence-electron chi connectivity index (χ1n) is 8.73. The number of nitrogens with zero attached hydrogens (tertiary/aromatic N) is 2. The van der Waals surface area contributed by atoms with E-state index < -0.39 is 10.0 Å². The number of carbonyl (C=O) groups is 1. The molecule has 0 radical (unpaired) electrons. The highest BCUT2D eigenvalue weighted by Crippen LogP contribution is 2.26. The van der Waals surface area contributed by atoms with Gasteiger partial charge in [-0.2, -0.15) is 0 Å². The summed E-state index contributed by atoms with van der Waals surface area (Å²) in [5.41, 5.74) is 2.53. The molecule has 29 heavy (non-hydrogen) atoms. The van der Waals surface area contributed by atoms with E-state index in [2.05, 4.69) is 10.3 Å². The number of rotatable bonds is 7. The zero-order valence-corrected chi connectivity index (χ0v) is 17.9. The van der Waals surface area contributed by atoms with Gasteiger partial charge in [0.15, 0.2) is 11.7 Å². The van der Waals surface area contributed by atoms with Crippen molar-refractivity contribution < 1.29 is 17.9 Å². The topological polar surface area (TPSA) is 88.6 Å². The lowest BCUT2D eigenvalue weighted by atomic mass is 10.2. The Labute approximate surface area is 174 Å². The van der Waals surface area contributed by atoms with Gasteiger partial charge in [0.05, 0.1) is 10.6 Å². The lowest BCUT2D eigenvalue weighted by molar-refractivity contribution is -0.118. The number of nitrogens with one attached hydrogen (secondary N) is 1. The summed E-state index contributed by atoms with van der Waals surface area (Å²) in [6.45, 7) is 1.86. The predicted octanol–water partition coefficient (Wildman–Crippen LogP) is 3.39. The molecule has 0 aliphatic rings. The van der Waals surface area contributed by atoms with Crippen molar-refractivity contribution in [3.63, 3.8) is 0 Å². The van der Waals surface area contributed by atoms with E-state index in [1.165, 1.54) is 37.6 Å². The molecule has 0 spiro atoms. The van der Waals surface area contributed by atoms with Crippen LogP contribution in [0.15, 0.2) is 58.8 Å². The van der Waals surface area contributed by atoms with Crippen LogP contribution < -0.4 is 10.1 Å². The summed E-state index contributed by atoms with van der Waals surface area (Å²) in [4.78, 5) is 16.7. The Morgan fingerprint density at radius 1 is 1.10 bits per heavy atom. The largest absolute Gasteiger partial charge is 0.484 e. The van der Waals surface area contributed by atoms with Gasteiger partial charge in [-0.3, -0.25) is 10.1 Å². The van der Waals surface area contributed by atoms with Gasteiger partial charge in [0.25, 0.3) is 5.91 Å². The van der Waals surface area contributed by atoms with E-state index in [1.54, 1.807) is 17.5 Å². The zero-order valence-electron chi connectivity index (χ0n) is 16.2. The molecule has 0 atom stereocenters. The van der Waals surface area contributed by atoms with Gasteiger partial charge in [0.2, 0.25) is 10.0 Å². The molecule has 3 aromatic rings. The molecule has 3 rings (SSSR count). The second-order valence-corrected chi connectivity index (χ2v) is 9.51. The quantitative estimate of drug-likeness (QED) is 0.619. The minimum absolute atomic E-state index is 0.116. The number of benzene rings is 2. The average Bonchev–Trinajstić information content (AvgIpc) is 3.16. The number of hydrogen-bond donors (Lipinski definition) is 1. The van der Waals surface area contributed by atoms with Crippen LogP contribution in [0.3, 0.4) is 0 Å². The van der Waals surface area contributed by atoms with Crippen LogP contribution >= 0.6 is 11.3 Å². The van der Waals surface area contributed by atoms with Crippen molar-refractivity contribution >= 4 is 32.4 Å². The number of hydrogen-bond acceptors (Lipinski definition) is 6. The van der Waals surface area contributed by atoms with Crippen LogP contribution in [0, 0.1) is 6.92 Å². The number of ether oxygens (including phenoxy) is 1. The fourth-order valence-electron chi connectivity index (χ4n) is 2.41. The van der Waals surface area contributed by atoms with Crippen molar-refractivity contribution in [2.24, 2.45) is 0 Å². The summed E-state index contributed by atoms with van der Waals surface area (Å²) in [7, 11) is -0.499. The van der Waals surface area contributed by atoms with Crippen LogP contribution in [0.1, 0.15) is 5.56 Å². The summed E-state index contributed by atoms with van der Waals surface area (Å²) in [6.07, 6.45) is 0. The van der Waals surface area contributed by atoms with Crippen LogP contribution in [0.2, 0.25) is 0 Å². The molecule has 0 saturated carbocycles. The fraction of sp³-hybridized carbons (Fsp3) is 0.200. The molecule has 0 saturated heterocycles. The van der Waals surface area contributed by atoms with Crippen molar-refractivity contribution in [1.82, 2.24) is 9.29 Å². The first kappa shape index (κ1) is 21.0. The van der Waals surface area contributed by atoms with Crippen molar-refractivity contribution in [1.29, 1.82) is 0 Å². The maximum atomic E-state index is 12.1. The van der Waals surface area contributed by atoms with E-state index in [-0.39, 0.29) is 17.4 Å². The molecule has 0 fully saturated rings. The summed E-state index contributed by atoms with van der Waals surface area (Å²) >= 11 is 1.29. The smallest absolute Gasteiger partial charge is 0.264 e. The third kappa shape index (κ3) is 5.20. The molecule has 0 aliphatic carbocycles. The van der Waals surface area contributed by atoms with Crippen molar-refractivity contribution in [2.45, 2.75) is 11.8 Å². The zero-order chi connectivity index (χ0) is 21.0. The van der Waals surface area contributed by atoms with Crippen LogP contribution in [-0.2, 0) is 14.8 Å². The van der Waals surface area contributed by atoms with E-state index in [4.69, 9.17) is 4.74 Å². The molecule has 1 aromatic heterocycles. The molecular weight excluding hydrogens is 410 g/mol. The Kier molecular flexibility index (Phi) is 6.31. The Hall–Kier alpha value is -2.75. The molecule has 0 aliphatic heterocycles. The van der Waals surface area contributed by atoms with Crippen molar-refractivity contribution in [3.05, 3.63) is 59.5 Å². The van der Waals surface area contributed by atoms with Gasteiger partial charge in [-0.15, -0.1) is 11.3 Å².